The predicted octanol–water partition coefficient (Wildman–Crippen LogP) is 2.04. The Morgan fingerprint density at radius 2 is 1.87 bits per heavy atom. The van der Waals surface area contributed by atoms with E-state index in [1.165, 1.54) is 0 Å². The molecule has 1 rings (SSSR count). The molecule has 0 aromatic rings. The fraction of sp³-hybridized carbons (Fsp3) is 1.00. The van der Waals surface area contributed by atoms with Crippen molar-refractivity contribution in [1.29, 1.82) is 0 Å². The minimum absolute atomic E-state index is 0.426. The second-order valence-corrected chi connectivity index (χ2v) is 5.85. The van der Waals surface area contributed by atoms with Gasteiger partial charge in [0, 0.05) is 19.6 Å². The topological polar surface area (TPSA) is 23.5 Å². The molecule has 1 aliphatic rings. The van der Waals surface area contributed by atoms with E-state index in [9.17, 15) is 5.11 Å². The molecule has 0 aromatic heterocycles. The maximum atomic E-state index is 9.85. The van der Waals surface area contributed by atoms with Gasteiger partial charge in [-0.1, -0.05) is 13.8 Å². The van der Waals surface area contributed by atoms with Crippen LogP contribution >= 0.6 is 12.6 Å². The minimum atomic E-state index is -0.426. The number of hydrogen-bond donors (Lipinski definition) is 2. The van der Waals surface area contributed by atoms with Gasteiger partial charge in [-0.05, 0) is 37.4 Å². The summed E-state index contributed by atoms with van der Waals surface area (Å²) in [5.74, 6) is 2.34. The van der Waals surface area contributed by atoms with Gasteiger partial charge in [0.15, 0.2) is 0 Å². The van der Waals surface area contributed by atoms with Crippen molar-refractivity contribution in [1.82, 2.24) is 4.90 Å². The fourth-order valence-electron chi connectivity index (χ4n) is 2.03. The highest BCUT2D eigenvalue weighted by Gasteiger charge is 2.28. The smallest absolute Gasteiger partial charge is 0.0644 e. The molecule has 15 heavy (non-hydrogen) atoms. The second kappa shape index (κ2) is 5.55. The third-order valence-electron chi connectivity index (χ3n) is 3.60. The summed E-state index contributed by atoms with van der Waals surface area (Å²) in [7, 11) is 0. The van der Waals surface area contributed by atoms with Crippen molar-refractivity contribution in [3.63, 3.8) is 0 Å². The van der Waals surface area contributed by atoms with Crippen LogP contribution in [0.2, 0.25) is 0 Å². The Bertz CT molecular complexity index is 184. The summed E-state index contributed by atoms with van der Waals surface area (Å²) in [5, 5.41) is 9.85. The van der Waals surface area contributed by atoms with Crippen molar-refractivity contribution in [2.75, 3.05) is 25.4 Å². The Morgan fingerprint density at radius 3 is 2.27 bits per heavy atom. The first-order chi connectivity index (χ1) is 6.94. The number of rotatable bonds is 4. The summed E-state index contributed by atoms with van der Waals surface area (Å²) in [6.07, 6.45) is 1.81. The third kappa shape index (κ3) is 4.33. The van der Waals surface area contributed by atoms with Gasteiger partial charge in [-0.15, -0.1) is 0 Å². The van der Waals surface area contributed by atoms with Crippen molar-refractivity contribution in [2.45, 2.75) is 39.2 Å². The third-order valence-corrected chi connectivity index (χ3v) is 4.07. The number of nitrogens with zero attached hydrogens (tertiary/aromatic N) is 1. The molecular weight excluding hydrogens is 206 g/mol. The molecule has 0 bridgehead atoms. The molecule has 0 radical (unpaired) electrons. The summed E-state index contributed by atoms with van der Waals surface area (Å²) in [4.78, 5) is 2.47. The van der Waals surface area contributed by atoms with Crippen LogP contribution in [0.5, 0.6) is 0 Å². The highest BCUT2D eigenvalue weighted by atomic mass is 32.1. The lowest BCUT2D eigenvalue weighted by atomic mass is 9.91. The van der Waals surface area contributed by atoms with Crippen LogP contribution in [0.3, 0.4) is 0 Å². The largest absolute Gasteiger partial charge is 0.390 e. The molecule has 0 aromatic carbocycles. The van der Waals surface area contributed by atoms with Gasteiger partial charge >= 0.3 is 0 Å². The average molecular weight is 231 g/mol. The first kappa shape index (κ1) is 13.3. The molecule has 1 saturated heterocycles. The number of piperidine rings is 1. The van der Waals surface area contributed by atoms with E-state index in [0.29, 0.717) is 11.8 Å². The van der Waals surface area contributed by atoms with Crippen LogP contribution in [-0.4, -0.2) is 41.0 Å². The van der Waals surface area contributed by atoms with Crippen molar-refractivity contribution in [2.24, 2.45) is 11.8 Å². The van der Waals surface area contributed by atoms with E-state index in [0.717, 1.165) is 38.2 Å². The zero-order valence-corrected chi connectivity index (χ0v) is 11.1. The van der Waals surface area contributed by atoms with Gasteiger partial charge in [0.05, 0.1) is 5.60 Å². The lowest BCUT2D eigenvalue weighted by Crippen LogP contribution is -2.44. The molecule has 0 aliphatic carbocycles. The number of aliphatic hydroxyl groups is 1. The Kier molecular flexibility index (Phi) is 4.94. The Balaban J connectivity index is 2.34. The first-order valence-corrected chi connectivity index (χ1v) is 6.63. The van der Waals surface area contributed by atoms with E-state index in [1.54, 1.807) is 0 Å². The van der Waals surface area contributed by atoms with Gasteiger partial charge in [0.25, 0.3) is 0 Å². The number of thiol groups is 1. The van der Waals surface area contributed by atoms with Gasteiger partial charge in [-0.25, -0.2) is 0 Å². The molecule has 2 nitrogen and oxygen atoms in total. The molecule has 1 unspecified atom stereocenters. The second-order valence-electron chi connectivity index (χ2n) is 5.48. The molecule has 0 amide bonds. The van der Waals surface area contributed by atoms with E-state index in [1.807, 2.05) is 6.92 Å². The van der Waals surface area contributed by atoms with Crippen LogP contribution in [0.1, 0.15) is 33.6 Å². The zero-order valence-electron chi connectivity index (χ0n) is 10.2. The van der Waals surface area contributed by atoms with Crippen molar-refractivity contribution >= 4 is 12.6 Å². The molecule has 90 valence electrons. The van der Waals surface area contributed by atoms with Crippen LogP contribution in [0.15, 0.2) is 0 Å². The van der Waals surface area contributed by atoms with E-state index < -0.39 is 5.60 Å². The Hall–Kier alpha value is 0.270. The van der Waals surface area contributed by atoms with Crippen molar-refractivity contribution in [3.05, 3.63) is 0 Å². The Morgan fingerprint density at radius 1 is 1.33 bits per heavy atom. The quantitative estimate of drug-likeness (QED) is 0.723. The normalized spacial score (nSPS) is 24.4. The minimum Gasteiger partial charge on any atom is -0.390 e. The molecule has 1 N–H and O–H groups in total. The van der Waals surface area contributed by atoms with Gasteiger partial charge in [-0.2, -0.15) is 12.6 Å². The predicted molar refractivity (Wildman–Crippen MR) is 68.5 cm³/mol. The molecule has 1 aliphatic heterocycles. The molecule has 3 heteroatoms. The number of hydrogen-bond acceptors (Lipinski definition) is 3. The summed E-state index contributed by atoms with van der Waals surface area (Å²) in [6, 6.07) is 0. The van der Waals surface area contributed by atoms with Gasteiger partial charge in [0.1, 0.15) is 0 Å². The van der Waals surface area contributed by atoms with Crippen LogP contribution in [0.4, 0.5) is 0 Å². The summed E-state index contributed by atoms with van der Waals surface area (Å²) in [5.41, 5.74) is -0.426. The van der Waals surface area contributed by atoms with Crippen LogP contribution < -0.4 is 0 Å². The SMILES string of the molecule is CC(C)C(CS)CN1CCC(C)(O)CC1. The van der Waals surface area contributed by atoms with Gasteiger partial charge in [0.2, 0.25) is 0 Å². The molecule has 1 fully saturated rings. The maximum Gasteiger partial charge on any atom is 0.0644 e. The molecule has 1 atom stereocenters. The number of likely N-dealkylation sites (tertiary alicyclic amines) is 1. The lowest BCUT2D eigenvalue weighted by molar-refractivity contribution is -0.00936. The Labute approximate surface area is 99.5 Å². The van der Waals surface area contributed by atoms with Crippen molar-refractivity contribution in [3.8, 4) is 0 Å². The van der Waals surface area contributed by atoms with E-state index >= 15 is 0 Å². The van der Waals surface area contributed by atoms with Crippen LogP contribution in [0.25, 0.3) is 0 Å². The molecule has 0 saturated carbocycles. The van der Waals surface area contributed by atoms with Crippen LogP contribution in [-0.2, 0) is 0 Å². The zero-order chi connectivity index (χ0) is 11.5. The maximum absolute atomic E-state index is 9.85. The molecule has 1 heterocycles. The first-order valence-electron chi connectivity index (χ1n) is 6.00. The highest BCUT2D eigenvalue weighted by Crippen LogP contribution is 2.23. The monoisotopic (exact) mass is 231 g/mol. The van der Waals surface area contributed by atoms with Crippen LogP contribution in [0, 0.1) is 11.8 Å². The van der Waals surface area contributed by atoms with Gasteiger partial charge in [-0.3, -0.25) is 0 Å². The standard InChI is InChI=1S/C12H25NOS/c1-10(2)11(9-15)8-13-6-4-12(3,14)5-7-13/h10-11,14-15H,4-9H2,1-3H3. The highest BCUT2D eigenvalue weighted by molar-refractivity contribution is 7.80. The summed E-state index contributed by atoms with van der Waals surface area (Å²) in [6.45, 7) is 9.68. The summed E-state index contributed by atoms with van der Waals surface area (Å²) >= 11 is 4.41. The van der Waals surface area contributed by atoms with Crippen molar-refractivity contribution < 1.29 is 5.11 Å². The lowest BCUT2D eigenvalue weighted by Gasteiger charge is -2.37. The average Bonchev–Trinajstić information content (AvgIpc) is 2.15. The molecule has 0 spiro atoms. The molecular formula is C12H25NOS. The fourth-order valence-corrected chi connectivity index (χ4v) is 2.57. The van der Waals surface area contributed by atoms with E-state index in [2.05, 4.69) is 31.4 Å². The summed E-state index contributed by atoms with van der Waals surface area (Å²) < 4.78 is 0. The van der Waals surface area contributed by atoms with E-state index in [4.69, 9.17) is 0 Å². The van der Waals surface area contributed by atoms with E-state index in [-0.39, 0.29) is 0 Å². The van der Waals surface area contributed by atoms with Gasteiger partial charge < -0.3 is 10.0 Å².